The summed E-state index contributed by atoms with van der Waals surface area (Å²) in [7, 11) is 1.57. The zero-order valence-electron chi connectivity index (χ0n) is 14.2. The Morgan fingerprint density at radius 3 is 1.96 bits per heavy atom. The van der Waals surface area contributed by atoms with Crippen LogP contribution < -0.4 is 11.1 Å². The van der Waals surface area contributed by atoms with E-state index in [0.717, 1.165) is 12.8 Å². The Bertz CT molecular complexity index is 281. The lowest BCUT2D eigenvalue weighted by molar-refractivity contribution is -0.118. The van der Waals surface area contributed by atoms with Crippen LogP contribution in [-0.2, 0) is 4.79 Å². The van der Waals surface area contributed by atoms with E-state index >= 15 is 0 Å². The second kappa shape index (κ2) is 16.1. The van der Waals surface area contributed by atoms with Crippen LogP contribution in [0.25, 0.3) is 0 Å². The molecule has 0 heterocycles. The van der Waals surface area contributed by atoms with E-state index in [4.69, 9.17) is 26.2 Å². The first-order chi connectivity index (χ1) is 10.8. The van der Waals surface area contributed by atoms with Gasteiger partial charge in [-0.3, -0.25) is 4.79 Å². The Hall–Kier alpha value is -0.770. The Morgan fingerprint density at radius 2 is 1.52 bits per heavy atom. The summed E-state index contributed by atoms with van der Waals surface area (Å²) >= 11 is 0. The highest BCUT2D eigenvalue weighted by atomic mass is 16.4. The zero-order chi connectivity index (χ0) is 18.3. The van der Waals surface area contributed by atoms with E-state index in [1.165, 1.54) is 19.3 Å². The van der Waals surface area contributed by atoms with Crippen molar-refractivity contribution in [3.63, 3.8) is 0 Å². The largest absolute Gasteiger partial charge is 0.394 e. The number of aliphatic hydroxyl groups is 5. The van der Waals surface area contributed by atoms with Crippen molar-refractivity contribution in [2.75, 3.05) is 20.2 Å². The number of hydrogen-bond acceptors (Lipinski definition) is 7. The fourth-order valence-corrected chi connectivity index (χ4v) is 1.80. The number of aliphatic hydroxyl groups excluding tert-OH is 5. The van der Waals surface area contributed by atoms with E-state index in [0.29, 0.717) is 6.42 Å². The van der Waals surface area contributed by atoms with Crippen LogP contribution in [0.5, 0.6) is 0 Å². The maximum atomic E-state index is 10.3. The van der Waals surface area contributed by atoms with Crippen LogP contribution in [0.3, 0.4) is 0 Å². The van der Waals surface area contributed by atoms with Gasteiger partial charge in [0, 0.05) is 13.0 Å². The maximum absolute atomic E-state index is 10.3. The number of unbranched alkanes of at least 4 members (excludes halogenated alkanes) is 4. The molecule has 0 spiro atoms. The Morgan fingerprint density at radius 1 is 1.00 bits per heavy atom. The molecule has 0 fully saturated rings. The second-order valence-corrected chi connectivity index (χ2v) is 5.49. The van der Waals surface area contributed by atoms with Crippen molar-refractivity contribution >= 4 is 5.91 Å². The molecule has 0 aromatic heterocycles. The molecule has 23 heavy (non-hydrogen) atoms. The number of likely N-dealkylation sites (N-methyl/N-ethyl adjacent to an activating group) is 1. The summed E-state index contributed by atoms with van der Waals surface area (Å²) in [6.45, 7) is 1.61. The third-order valence-corrected chi connectivity index (χ3v) is 3.27. The molecule has 0 aliphatic carbocycles. The predicted molar refractivity (Wildman–Crippen MR) is 87.6 cm³/mol. The van der Waals surface area contributed by atoms with Crippen molar-refractivity contribution in [2.24, 2.45) is 5.73 Å². The normalized spacial score (nSPS) is 16.0. The predicted octanol–water partition coefficient (Wildman–Crippen LogP) is -1.53. The summed E-state index contributed by atoms with van der Waals surface area (Å²) in [5.41, 5.74) is 4.97. The van der Waals surface area contributed by atoms with Gasteiger partial charge < -0.3 is 36.6 Å². The number of primary amides is 1. The minimum atomic E-state index is -1.55. The van der Waals surface area contributed by atoms with E-state index < -0.39 is 31.0 Å². The third-order valence-electron chi connectivity index (χ3n) is 3.27. The SMILES string of the molecule is CCCCCCCC(N)=O.CNCC(O)C(O)C(O)C(O)CO. The van der Waals surface area contributed by atoms with Gasteiger partial charge in [-0.25, -0.2) is 0 Å². The average Bonchev–Trinajstić information content (AvgIpc) is 2.53. The highest BCUT2D eigenvalue weighted by Crippen LogP contribution is 2.04. The molecule has 0 aliphatic rings. The smallest absolute Gasteiger partial charge is 0.217 e. The monoisotopic (exact) mass is 338 g/mol. The van der Waals surface area contributed by atoms with Gasteiger partial charge >= 0.3 is 0 Å². The first-order valence-electron chi connectivity index (χ1n) is 8.07. The first kappa shape index (κ1) is 24.5. The molecule has 4 atom stereocenters. The molecule has 4 unspecified atom stereocenters. The van der Waals surface area contributed by atoms with Crippen LogP contribution in [0.4, 0.5) is 0 Å². The fourth-order valence-electron chi connectivity index (χ4n) is 1.80. The van der Waals surface area contributed by atoms with Crippen molar-refractivity contribution in [1.82, 2.24) is 5.32 Å². The standard InChI is InChI=1S/C8H17NO.C7H17NO5/c1-2-3-4-5-6-7-8(9)10;1-8-2-4(10)6(12)7(13)5(11)3-9/h2-7H2,1H3,(H2,9,10);4-13H,2-3H2,1H3. The van der Waals surface area contributed by atoms with Gasteiger partial charge in [0.15, 0.2) is 0 Å². The Balaban J connectivity index is 0. The van der Waals surface area contributed by atoms with Crippen molar-refractivity contribution < 1.29 is 30.3 Å². The van der Waals surface area contributed by atoms with Crippen LogP contribution >= 0.6 is 0 Å². The van der Waals surface area contributed by atoms with Gasteiger partial charge in [-0.15, -0.1) is 0 Å². The lowest BCUT2D eigenvalue weighted by atomic mass is 10.0. The number of carbonyl (C=O) groups excluding carboxylic acids is 1. The van der Waals surface area contributed by atoms with Crippen LogP contribution in [0.1, 0.15) is 45.4 Å². The molecule has 0 radical (unpaired) electrons. The second-order valence-electron chi connectivity index (χ2n) is 5.49. The third kappa shape index (κ3) is 14.5. The molecule has 1 amide bonds. The maximum Gasteiger partial charge on any atom is 0.217 e. The van der Waals surface area contributed by atoms with Crippen molar-refractivity contribution in [1.29, 1.82) is 0 Å². The quantitative estimate of drug-likeness (QED) is 0.213. The summed E-state index contributed by atoms with van der Waals surface area (Å²) in [5, 5.41) is 47.5. The number of carbonyl (C=O) groups is 1. The molecule has 0 saturated carbocycles. The molecule has 0 aliphatic heterocycles. The van der Waals surface area contributed by atoms with Gasteiger partial charge in [-0.2, -0.15) is 0 Å². The highest BCUT2D eigenvalue weighted by Gasteiger charge is 2.29. The lowest BCUT2D eigenvalue weighted by Crippen LogP contribution is -2.48. The lowest BCUT2D eigenvalue weighted by Gasteiger charge is -2.25. The molecule has 140 valence electrons. The molecule has 0 saturated heterocycles. The zero-order valence-corrected chi connectivity index (χ0v) is 14.2. The van der Waals surface area contributed by atoms with Crippen molar-refractivity contribution in [2.45, 2.75) is 69.9 Å². The van der Waals surface area contributed by atoms with E-state index in [2.05, 4.69) is 12.2 Å². The number of amides is 1. The minimum absolute atomic E-state index is 0.0936. The molecular weight excluding hydrogens is 304 g/mol. The van der Waals surface area contributed by atoms with Gasteiger partial charge in [0.2, 0.25) is 5.91 Å². The molecule has 8 nitrogen and oxygen atoms in total. The number of hydrogen-bond donors (Lipinski definition) is 7. The topological polar surface area (TPSA) is 156 Å². The van der Waals surface area contributed by atoms with Gasteiger partial charge in [0.05, 0.1) is 12.7 Å². The molecule has 0 rings (SSSR count). The Kier molecular flexibility index (Phi) is 17.1. The number of rotatable bonds is 12. The molecule has 8 N–H and O–H groups in total. The molecule has 0 aromatic carbocycles. The van der Waals surface area contributed by atoms with E-state index in [9.17, 15) is 9.90 Å². The summed E-state index contributed by atoms with van der Waals surface area (Å²) in [6.07, 6.45) is 0.792. The number of nitrogens with one attached hydrogen (secondary N) is 1. The summed E-state index contributed by atoms with van der Waals surface area (Å²) < 4.78 is 0. The van der Waals surface area contributed by atoms with E-state index in [1.54, 1.807) is 7.05 Å². The van der Waals surface area contributed by atoms with Crippen LogP contribution in [0.15, 0.2) is 0 Å². The highest BCUT2D eigenvalue weighted by molar-refractivity contribution is 5.73. The molecule has 0 aromatic rings. The van der Waals surface area contributed by atoms with Gasteiger partial charge in [-0.1, -0.05) is 32.6 Å². The minimum Gasteiger partial charge on any atom is -0.394 e. The van der Waals surface area contributed by atoms with Crippen LogP contribution in [-0.4, -0.2) is 76.1 Å². The molecule has 0 bridgehead atoms. The van der Waals surface area contributed by atoms with Crippen LogP contribution in [0, 0.1) is 0 Å². The fraction of sp³-hybridized carbons (Fsp3) is 0.933. The summed E-state index contributed by atoms with van der Waals surface area (Å²) in [5.74, 6) is -0.170. The van der Waals surface area contributed by atoms with Gasteiger partial charge in [0.1, 0.15) is 18.3 Å². The summed E-state index contributed by atoms with van der Waals surface area (Å²) in [6, 6.07) is 0. The number of nitrogens with two attached hydrogens (primary N) is 1. The van der Waals surface area contributed by atoms with Gasteiger partial charge in [0.25, 0.3) is 0 Å². The van der Waals surface area contributed by atoms with Gasteiger partial charge in [-0.05, 0) is 13.5 Å². The average molecular weight is 338 g/mol. The first-order valence-corrected chi connectivity index (χ1v) is 8.07. The van der Waals surface area contributed by atoms with Crippen molar-refractivity contribution in [3.05, 3.63) is 0 Å². The molecular formula is C15H34N2O6. The molecule has 8 heteroatoms. The summed E-state index contributed by atoms with van der Waals surface area (Å²) in [4.78, 5) is 10.3. The van der Waals surface area contributed by atoms with Crippen LogP contribution in [0.2, 0.25) is 0 Å². The van der Waals surface area contributed by atoms with E-state index in [-0.39, 0.29) is 12.5 Å². The van der Waals surface area contributed by atoms with Crippen molar-refractivity contribution in [3.8, 4) is 0 Å². The van der Waals surface area contributed by atoms with E-state index in [1.807, 2.05) is 0 Å². The Labute approximate surface area is 138 Å².